The molecule has 2 fully saturated rings. The van der Waals surface area contributed by atoms with Crippen molar-refractivity contribution in [3.63, 3.8) is 0 Å². The van der Waals surface area contributed by atoms with E-state index in [0.29, 0.717) is 138 Å². The topological polar surface area (TPSA) is 518 Å². The number of fused-ring (bicyclic) bond motifs is 1. The average molecular weight is 1690 g/mol. The van der Waals surface area contributed by atoms with Crippen molar-refractivity contribution in [3.05, 3.63) is 12.3 Å². The Labute approximate surface area is 686 Å². The molecule has 0 radical (unpaired) electrons. The lowest BCUT2D eigenvalue weighted by atomic mass is 9.98. The minimum Gasteiger partial charge on any atom is -0.480 e. The van der Waals surface area contributed by atoms with Crippen LogP contribution >= 0.6 is 72.3 Å². The molecule has 3 aliphatic heterocycles. The minimum atomic E-state index is -1.10. The predicted octanol–water partition coefficient (Wildman–Crippen LogP) is 8.67. The van der Waals surface area contributed by atoms with Crippen molar-refractivity contribution in [2.45, 2.75) is 266 Å². The maximum absolute atomic E-state index is 12.2. The lowest BCUT2D eigenvalue weighted by Crippen LogP contribution is -2.52. The average Bonchev–Trinajstić information content (AvgIpc) is 1.77. The maximum atomic E-state index is 12.2. The Morgan fingerprint density at radius 1 is 0.514 bits per heavy atom. The summed E-state index contributed by atoms with van der Waals surface area (Å²) < 4.78 is 0. The van der Waals surface area contributed by atoms with E-state index >= 15 is 0 Å². The zero-order chi connectivity index (χ0) is 83.7. The molecule has 37 heteroatoms. The van der Waals surface area contributed by atoms with Gasteiger partial charge in [0, 0.05) is 92.6 Å². The SMILES string of the molecule is C.C.CC(=O)SCC[C@H](C)C(=O)N1C=CCCC1C(=O)O.CC(=O)SCC[C@H](C)C(=O)NC(CCCC=O)C(=O)O.CC(=O)SCC[C@H](C)C(=O)NC(CCCCN)C(=O)O.C[C@@H](CCS)C(=O)NC(CCCC=O)C(=O)O.C[C@@H](CCS)C(=O)NC(CCCCN)C(=O)O.C[C@H]1CCSC2CCCC(C(=O)O)N2C1=O.[H+].[H+]. The van der Waals surface area contributed by atoms with Crippen molar-refractivity contribution in [2.24, 2.45) is 47.0 Å². The molecule has 0 aromatic rings. The molecule has 0 spiro atoms. The summed E-state index contributed by atoms with van der Waals surface area (Å²) in [7, 11) is 0. The molecule has 13 atom stereocenters. The number of allylic oxidation sites excluding steroid dienone is 1. The number of hydrogen-bond acceptors (Lipinski definition) is 25. The lowest BCUT2D eigenvalue weighted by molar-refractivity contribution is -0.154. The van der Waals surface area contributed by atoms with Gasteiger partial charge in [0.05, 0.1) is 5.37 Å². The highest BCUT2D eigenvalue weighted by Crippen LogP contribution is 2.36. The molecule has 3 aliphatic rings. The summed E-state index contributed by atoms with van der Waals surface area (Å²) in [6, 6.07) is -4.91. The Morgan fingerprint density at radius 2 is 0.856 bits per heavy atom. The van der Waals surface area contributed by atoms with Crippen molar-refractivity contribution in [2.75, 3.05) is 47.6 Å². The van der Waals surface area contributed by atoms with Gasteiger partial charge in [-0.2, -0.15) is 25.3 Å². The highest BCUT2D eigenvalue weighted by atomic mass is 32.2. The molecule has 31 nitrogen and oxygen atoms in total. The highest BCUT2D eigenvalue weighted by molar-refractivity contribution is 8.14. The molecule has 7 unspecified atom stereocenters. The largest absolute Gasteiger partial charge is 1.00 e. The molecule has 0 aliphatic carbocycles. The second-order valence-corrected chi connectivity index (χ2v) is 32.4. The first-order valence-electron chi connectivity index (χ1n) is 36.8. The number of unbranched alkanes of at least 4 members (excludes halogenated alkanes) is 4. The first-order chi connectivity index (χ1) is 51.3. The van der Waals surface area contributed by atoms with Gasteiger partial charge in [0.15, 0.2) is 15.3 Å². The van der Waals surface area contributed by atoms with Crippen LogP contribution in [0.3, 0.4) is 0 Å². The molecule has 2 saturated heterocycles. The number of nitrogens with zero attached hydrogens (tertiary/aromatic N) is 2. The van der Waals surface area contributed by atoms with Crippen LogP contribution in [-0.4, -0.2) is 229 Å². The molecule has 0 saturated carbocycles. The van der Waals surface area contributed by atoms with E-state index in [9.17, 15) is 81.5 Å². The molecule has 14 N–H and O–H groups in total. The third-order valence-electron chi connectivity index (χ3n) is 17.0. The number of aldehydes is 2. The Morgan fingerprint density at radius 3 is 1.17 bits per heavy atom. The number of carboxylic acids is 6. The summed E-state index contributed by atoms with van der Waals surface area (Å²) in [6.45, 7) is 16.1. The standard InChI is InChI=1S/C13H24N2O4S.C13H21NO5S.C13H19NO4S.C11H22N2O3S.C11H19NO4S.C11H17NO3S.2CH4/c1-9(6-8-20-10(2)16)12(17)15-11(13(18)19)5-3-4-7-14;1-9(6-8-20-10(2)16)12(17)14-11(13(18)19)5-3-4-7-15;1-9(6-8-19-10(2)15)12(16)14-7-4-3-5-11(14)13(17)18;1-8(5-7-17)10(14)13-9(11(15)16)4-2-3-6-12;1-8(5-7-17)10(14)12-9(11(15)16)4-2-3-6-13;1-7-5-6-16-9-4-2-3-8(11(14)15)12(9)10(7)13;;/h9,11H,3-8,14H2,1-2H3,(H,15,17)(H,18,19);7,9,11H,3-6,8H2,1-2H3,(H,14,17)(H,18,19);4,7,9,11H,3,5-6,8H2,1-2H3,(H,17,18);8-9,17H,2-7,12H2,1H3,(H,13,14)(H,15,16);6,8-9,17H,2-5,7H2,1H3,(H,12,14)(H,15,16);7-9H,2-6H2,1H3,(H,14,15);2*1H4/p+2/t3*9-,11?;2*8-,9?;7-,8?,9?;;/m000000../s1. The summed E-state index contributed by atoms with van der Waals surface area (Å²) in [4.78, 5) is 193. The van der Waals surface area contributed by atoms with Gasteiger partial charge >= 0.3 is 38.7 Å². The number of carboxylic acid groups (broad SMARTS) is 6. The first kappa shape index (κ1) is 113. The molecule has 3 rings (SSSR count). The van der Waals surface area contributed by atoms with E-state index < -0.39 is 72.1 Å². The van der Waals surface area contributed by atoms with E-state index in [1.165, 1.54) is 49.2 Å². The van der Waals surface area contributed by atoms with E-state index in [2.05, 4.69) is 46.5 Å². The van der Waals surface area contributed by atoms with Crippen LogP contribution in [0.4, 0.5) is 0 Å². The van der Waals surface area contributed by atoms with Gasteiger partial charge in [0.25, 0.3) is 0 Å². The Hall–Kier alpha value is -6.25. The fourth-order valence-electron chi connectivity index (χ4n) is 10.1. The predicted molar refractivity (Wildman–Crippen MR) is 444 cm³/mol. The van der Waals surface area contributed by atoms with Crippen molar-refractivity contribution in [1.29, 1.82) is 0 Å². The van der Waals surface area contributed by atoms with Gasteiger partial charge in [-0.3, -0.25) is 43.2 Å². The summed E-state index contributed by atoms with van der Waals surface area (Å²) in [5.74, 6) is -4.89. The van der Waals surface area contributed by atoms with Crippen LogP contribution in [0, 0.1) is 35.5 Å². The van der Waals surface area contributed by atoms with Gasteiger partial charge in [-0.25, -0.2) is 28.8 Å². The molecule has 0 aromatic heterocycles. The number of aliphatic carboxylic acids is 6. The molecule has 3 heterocycles. The fourth-order valence-corrected chi connectivity index (χ4v) is 14.6. The minimum absolute atomic E-state index is 0. The zero-order valence-electron chi connectivity index (χ0n) is 66.4. The summed E-state index contributed by atoms with van der Waals surface area (Å²) in [5.41, 5.74) is 10.7. The van der Waals surface area contributed by atoms with Crippen molar-refractivity contribution in [1.82, 2.24) is 31.1 Å². The number of nitrogens with two attached hydrogens (primary N) is 2. The number of carbonyl (C=O) groups is 17. The number of nitrogens with one attached hydrogen (secondary N) is 4. The van der Waals surface area contributed by atoms with Crippen molar-refractivity contribution < 1.29 is 115 Å². The summed E-state index contributed by atoms with van der Waals surface area (Å²) >= 11 is 13.3. The Bertz CT molecular complexity index is 2880. The Kier molecular flexibility index (Phi) is 69.6. The monoisotopic (exact) mass is 1690 g/mol. The molecule has 640 valence electrons. The molecule has 6 amide bonds. The normalized spacial score (nSPS) is 17.6. The van der Waals surface area contributed by atoms with E-state index in [1.807, 2.05) is 13.0 Å². The summed E-state index contributed by atoms with van der Waals surface area (Å²) in [5, 5.41) is 64.4. The molecular weight excluding hydrogens is 1560 g/mol. The van der Waals surface area contributed by atoms with Crippen LogP contribution in [0.1, 0.15) is 228 Å². The lowest BCUT2D eigenvalue weighted by Gasteiger charge is -2.39. The fraction of sp³-hybridized carbons (Fsp3) is 0.743. The van der Waals surface area contributed by atoms with Crippen LogP contribution in [0.5, 0.6) is 0 Å². The maximum Gasteiger partial charge on any atom is 1.00 e. The van der Waals surface area contributed by atoms with Crippen LogP contribution in [0.25, 0.3) is 0 Å². The van der Waals surface area contributed by atoms with E-state index in [-0.39, 0.29) is 129 Å². The third kappa shape index (κ3) is 54.2. The number of thioether (sulfide) groups is 4. The van der Waals surface area contributed by atoms with Gasteiger partial charge < -0.3 is 82.8 Å². The number of thiol groups is 2. The van der Waals surface area contributed by atoms with E-state index in [1.54, 1.807) is 57.5 Å². The van der Waals surface area contributed by atoms with Crippen molar-refractivity contribution >= 4 is 171 Å². The Balaban J connectivity index is -0.000000237. The second-order valence-electron chi connectivity index (χ2n) is 26.4. The van der Waals surface area contributed by atoms with E-state index in [4.69, 9.17) is 42.1 Å². The zero-order valence-corrected chi connectivity index (χ0v) is 69.5. The molecule has 0 aromatic carbocycles. The summed E-state index contributed by atoms with van der Waals surface area (Å²) in [6.07, 6.45) is 17.8. The van der Waals surface area contributed by atoms with Gasteiger partial charge in [-0.05, 0) is 165 Å². The third-order valence-corrected chi connectivity index (χ3v) is 21.4. The van der Waals surface area contributed by atoms with Gasteiger partial charge in [0.1, 0.15) is 48.8 Å². The number of rotatable bonds is 44. The van der Waals surface area contributed by atoms with Gasteiger partial charge in [0.2, 0.25) is 35.4 Å². The van der Waals surface area contributed by atoms with Gasteiger partial charge in [-0.1, -0.05) is 97.8 Å². The van der Waals surface area contributed by atoms with Crippen molar-refractivity contribution in [3.8, 4) is 0 Å². The number of carbonyl (C=O) groups excluding carboxylic acids is 11. The van der Waals surface area contributed by atoms with Crippen LogP contribution in [0.2, 0.25) is 0 Å². The van der Waals surface area contributed by atoms with E-state index in [0.717, 1.165) is 62.2 Å². The smallest absolute Gasteiger partial charge is 0.480 e. The first-order valence-corrected chi connectivity index (χ1v) is 42.0. The van der Waals surface area contributed by atoms with Gasteiger partial charge in [-0.15, -0.1) is 11.8 Å². The molecular formula is C74H132N8O23S6+2. The molecule has 111 heavy (non-hydrogen) atoms. The number of hydrogen-bond donors (Lipinski definition) is 14. The second kappa shape index (κ2) is 68.2. The number of amides is 6. The quantitative estimate of drug-likeness (QED) is 0.0154. The van der Waals surface area contributed by atoms with Crippen LogP contribution < -0.4 is 32.7 Å². The number of piperidine rings is 1. The molecule has 0 bridgehead atoms. The highest BCUT2D eigenvalue weighted by Gasteiger charge is 2.42. The van der Waals surface area contributed by atoms with Crippen LogP contribution in [0.15, 0.2) is 12.3 Å². The van der Waals surface area contributed by atoms with Crippen LogP contribution in [-0.2, 0) is 81.5 Å².